The number of carbonyl (C=O) groups is 2. The highest BCUT2D eigenvalue weighted by Gasteiger charge is 2.11. The van der Waals surface area contributed by atoms with Crippen molar-refractivity contribution in [1.82, 2.24) is 0 Å². The van der Waals surface area contributed by atoms with E-state index in [1.165, 1.54) is 0 Å². The first-order chi connectivity index (χ1) is 14.0. The summed E-state index contributed by atoms with van der Waals surface area (Å²) in [6, 6.07) is 23.5. The predicted octanol–water partition coefficient (Wildman–Crippen LogP) is 5.08. The fourth-order valence-corrected chi connectivity index (χ4v) is 2.65. The molecule has 0 bridgehead atoms. The van der Waals surface area contributed by atoms with Gasteiger partial charge in [0.25, 0.3) is 5.91 Å². The molecule has 3 aromatic rings. The summed E-state index contributed by atoms with van der Waals surface area (Å²) in [7, 11) is 0. The maximum atomic E-state index is 12.5. The Labute approximate surface area is 170 Å². The number of amides is 1. The minimum absolute atomic E-state index is 0.205. The topological polar surface area (TPSA) is 64.6 Å². The lowest BCUT2D eigenvalue weighted by atomic mass is 10.1. The van der Waals surface area contributed by atoms with Crippen molar-refractivity contribution in [3.05, 3.63) is 95.6 Å². The molecule has 0 aliphatic carbocycles. The molecule has 5 nitrogen and oxygen atoms in total. The number of nitrogens with one attached hydrogen (secondary N) is 1. The molecule has 0 atom stereocenters. The Morgan fingerprint density at radius 1 is 0.862 bits per heavy atom. The van der Waals surface area contributed by atoms with Crippen LogP contribution in [0.2, 0.25) is 0 Å². The van der Waals surface area contributed by atoms with Gasteiger partial charge in [0.05, 0.1) is 11.7 Å². The molecule has 0 heterocycles. The van der Waals surface area contributed by atoms with Gasteiger partial charge in [0.2, 0.25) is 0 Å². The van der Waals surface area contributed by atoms with E-state index >= 15 is 0 Å². The van der Waals surface area contributed by atoms with Crippen LogP contribution in [0.3, 0.4) is 0 Å². The smallest absolute Gasteiger partial charge is 0.338 e. The molecule has 29 heavy (non-hydrogen) atoms. The zero-order chi connectivity index (χ0) is 20.6. The average Bonchev–Trinajstić information content (AvgIpc) is 2.73. The van der Waals surface area contributed by atoms with Crippen LogP contribution < -0.4 is 10.1 Å². The summed E-state index contributed by atoms with van der Waals surface area (Å²) in [6.07, 6.45) is -0.205. The normalized spacial score (nSPS) is 10.4. The third-order valence-corrected chi connectivity index (χ3v) is 4.06. The second kappa shape index (κ2) is 9.55. The van der Waals surface area contributed by atoms with Crippen molar-refractivity contribution in [1.29, 1.82) is 0 Å². The van der Waals surface area contributed by atoms with Crippen LogP contribution in [0.1, 0.15) is 40.1 Å². The number of hydrogen-bond acceptors (Lipinski definition) is 4. The molecule has 1 N–H and O–H groups in total. The van der Waals surface area contributed by atoms with E-state index in [2.05, 4.69) is 5.32 Å². The lowest BCUT2D eigenvalue weighted by molar-refractivity contribution is 0.0377. The average molecular weight is 389 g/mol. The highest BCUT2D eigenvalue weighted by atomic mass is 16.5. The minimum Gasteiger partial charge on any atom is -0.489 e. The Balaban J connectivity index is 1.60. The molecule has 0 fully saturated rings. The van der Waals surface area contributed by atoms with Crippen molar-refractivity contribution in [2.24, 2.45) is 0 Å². The van der Waals surface area contributed by atoms with Crippen molar-refractivity contribution in [3.8, 4) is 5.75 Å². The van der Waals surface area contributed by atoms with Crippen molar-refractivity contribution >= 4 is 17.6 Å². The number of hydrogen-bond donors (Lipinski definition) is 1. The van der Waals surface area contributed by atoms with Gasteiger partial charge < -0.3 is 14.8 Å². The van der Waals surface area contributed by atoms with Crippen LogP contribution in [0.5, 0.6) is 5.75 Å². The van der Waals surface area contributed by atoms with Crippen LogP contribution in [0.25, 0.3) is 0 Å². The molecule has 3 rings (SSSR count). The molecule has 0 unspecified atom stereocenters. The highest BCUT2D eigenvalue weighted by Crippen LogP contribution is 2.17. The summed E-state index contributed by atoms with van der Waals surface area (Å²) in [5.41, 5.74) is 2.48. The second-order valence-electron chi connectivity index (χ2n) is 6.79. The Kier molecular flexibility index (Phi) is 6.63. The summed E-state index contributed by atoms with van der Waals surface area (Å²) in [4.78, 5) is 24.5. The molecule has 1 amide bonds. The molecule has 3 aromatic carbocycles. The number of anilines is 1. The first-order valence-electron chi connectivity index (χ1n) is 9.40. The van der Waals surface area contributed by atoms with Gasteiger partial charge in [0.15, 0.2) is 0 Å². The summed E-state index contributed by atoms with van der Waals surface area (Å²) in [5, 5.41) is 2.80. The molecule has 0 spiro atoms. The van der Waals surface area contributed by atoms with Crippen molar-refractivity contribution in [2.45, 2.75) is 26.6 Å². The van der Waals surface area contributed by atoms with Crippen molar-refractivity contribution in [3.63, 3.8) is 0 Å². The number of esters is 1. The van der Waals surface area contributed by atoms with Gasteiger partial charge in [0.1, 0.15) is 12.4 Å². The van der Waals surface area contributed by atoms with Gasteiger partial charge >= 0.3 is 5.97 Å². The Bertz CT molecular complexity index is 966. The first-order valence-corrected chi connectivity index (χ1v) is 9.40. The molecule has 0 radical (unpaired) electrons. The number of carbonyl (C=O) groups excluding carboxylic acids is 2. The molecular formula is C24H23NO4. The molecular weight excluding hydrogens is 366 g/mol. The van der Waals surface area contributed by atoms with Crippen LogP contribution in [-0.2, 0) is 11.3 Å². The molecule has 5 heteroatoms. The molecule has 0 saturated carbocycles. The van der Waals surface area contributed by atoms with Crippen LogP contribution in [0.4, 0.5) is 5.69 Å². The Hall–Kier alpha value is -3.60. The van der Waals surface area contributed by atoms with Crippen LogP contribution in [0.15, 0.2) is 78.9 Å². The lowest BCUT2D eigenvalue weighted by Crippen LogP contribution is -2.14. The van der Waals surface area contributed by atoms with Crippen LogP contribution in [0, 0.1) is 0 Å². The monoisotopic (exact) mass is 389 g/mol. The van der Waals surface area contributed by atoms with Gasteiger partial charge in [0, 0.05) is 11.3 Å². The maximum Gasteiger partial charge on any atom is 0.338 e. The SMILES string of the molecule is CC(C)OC(=O)c1cccc(NC(=O)c2ccc(OCc3ccccc3)cc2)c1. The zero-order valence-electron chi connectivity index (χ0n) is 16.4. The summed E-state index contributed by atoms with van der Waals surface area (Å²) in [6.45, 7) is 4.04. The van der Waals surface area contributed by atoms with Crippen molar-refractivity contribution in [2.75, 3.05) is 5.32 Å². The van der Waals surface area contributed by atoms with Gasteiger partial charge in [-0.05, 0) is 61.9 Å². The molecule has 148 valence electrons. The molecule has 0 saturated heterocycles. The number of ether oxygens (including phenoxy) is 2. The standard InChI is InChI=1S/C24H23NO4/c1-17(2)29-24(27)20-9-6-10-21(15-20)25-23(26)19-11-13-22(14-12-19)28-16-18-7-4-3-5-8-18/h3-15,17H,16H2,1-2H3,(H,25,26). The summed E-state index contributed by atoms with van der Waals surface area (Å²) in [5.74, 6) is -0.00571. The maximum absolute atomic E-state index is 12.5. The summed E-state index contributed by atoms with van der Waals surface area (Å²) < 4.78 is 10.9. The highest BCUT2D eigenvalue weighted by molar-refractivity contribution is 6.04. The van der Waals surface area contributed by atoms with Crippen LogP contribution >= 0.6 is 0 Å². The molecule has 0 aromatic heterocycles. The Morgan fingerprint density at radius 2 is 1.59 bits per heavy atom. The summed E-state index contributed by atoms with van der Waals surface area (Å²) >= 11 is 0. The van der Waals surface area contributed by atoms with E-state index in [1.807, 2.05) is 30.3 Å². The van der Waals surface area contributed by atoms with Crippen LogP contribution in [-0.4, -0.2) is 18.0 Å². The number of benzene rings is 3. The molecule has 0 aliphatic rings. The fraction of sp³-hybridized carbons (Fsp3) is 0.167. The van der Waals surface area contributed by atoms with E-state index in [0.29, 0.717) is 29.2 Å². The van der Waals surface area contributed by atoms with Gasteiger partial charge in [-0.3, -0.25) is 4.79 Å². The van der Waals surface area contributed by atoms with E-state index in [9.17, 15) is 9.59 Å². The van der Waals surface area contributed by atoms with Gasteiger partial charge in [-0.25, -0.2) is 4.79 Å². The van der Waals surface area contributed by atoms with E-state index in [-0.39, 0.29) is 12.0 Å². The van der Waals surface area contributed by atoms with Crippen molar-refractivity contribution < 1.29 is 19.1 Å². The minimum atomic E-state index is -0.420. The van der Waals surface area contributed by atoms with Gasteiger partial charge in [-0.2, -0.15) is 0 Å². The molecule has 0 aliphatic heterocycles. The third-order valence-electron chi connectivity index (χ3n) is 4.06. The predicted molar refractivity (Wildman–Crippen MR) is 112 cm³/mol. The van der Waals surface area contributed by atoms with E-state index in [1.54, 1.807) is 62.4 Å². The number of rotatable bonds is 7. The van der Waals surface area contributed by atoms with E-state index < -0.39 is 5.97 Å². The lowest BCUT2D eigenvalue weighted by Gasteiger charge is -2.10. The van der Waals surface area contributed by atoms with Gasteiger partial charge in [-0.15, -0.1) is 0 Å². The Morgan fingerprint density at radius 3 is 2.28 bits per heavy atom. The first kappa shape index (κ1) is 20.1. The van der Waals surface area contributed by atoms with Gasteiger partial charge in [-0.1, -0.05) is 36.4 Å². The largest absolute Gasteiger partial charge is 0.489 e. The quantitative estimate of drug-likeness (QED) is 0.572. The van der Waals surface area contributed by atoms with E-state index in [0.717, 1.165) is 5.56 Å². The zero-order valence-corrected chi connectivity index (χ0v) is 16.4. The fourth-order valence-electron chi connectivity index (χ4n) is 2.65. The van der Waals surface area contributed by atoms with E-state index in [4.69, 9.17) is 9.47 Å². The second-order valence-corrected chi connectivity index (χ2v) is 6.79. The third kappa shape index (κ3) is 5.94.